The first-order valence-electron chi connectivity index (χ1n) is 3.64. The van der Waals surface area contributed by atoms with Crippen LogP contribution < -0.4 is 4.90 Å². The highest BCUT2D eigenvalue weighted by Crippen LogP contribution is 2.23. The van der Waals surface area contributed by atoms with Crippen molar-refractivity contribution >= 4 is 27.9 Å². The van der Waals surface area contributed by atoms with E-state index in [1.807, 2.05) is 0 Å². The third kappa shape index (κ3) is 1.14. The minimum Gasteiger partial charge on any atom is -0.432 e. The molecule has 2 rings (SSSR count). The minimum atomic E-state index is -0.0793. The molecule has 1 amide bonds. The van der Waals surface area contributed by atoms with Crippen LogP contribution in [0.4, 0.5) is 6.01 Å². The summed E-state index contributed by atoms with van der Waals surface area (Å²) >= 11 is 3.27. The number of carbonyl (C=O) groups excluding carboxylic acids is 1. The van der Waals surface area contributed by atoms with Crippen LogP contribution >= 0.6 is 15.9 Å². The molecule has 0 aromatic carbocycles. The lowest BCUT2D eigenvalue weighted by molar-refractivity contribution is -0.116. The number of nitrogens with zero attached hydrogens (tertiary/aromatic N) is 2. The van der Waals surface area contributed by atoms with Crippen molar-refractivity contribution in [3.05, 3.63) is 12.5 Å². The van der Waals surface area contributed by atoms with Crippen molar-refractivity contribution in [1.82, 2.24) is 4.98 Å². The second-order valence-corrected chi connectivity index (χ2v) is 3.67. The van der Waals surface area contributed by atoms with E-state index in [4.69, 9.17) is 4.42 Å². The molecule has 0 unspecified atom stereocenters. The van der Waals surface area contributed by atoms with E-state index in [1.54, 1.807) is 4.90 Å². The second kappa shape index (κ2) is 2.90. The molecule has 0 radical (unpaired) electrons. The molecule has 1 fully saturated rings. The van der Waals surface area contributed by atoms with Gasteiger partial charge in [-0.2, -0.15) is 0 Å². The van der Waals surface area contributed by atoms with Gasteiger partial charge in [-0.25, -0.2) is 4.98 Å². The van der Waals surface area contributed by atoms with Crippen LogP contribution in [0.25, 0.3) is 0 Å². The molecule has 0 aliphatic carbocycles. The average molecular weight is 231 g/mol. The van der Waals surface area contributed by atoms with E-state index in [1.165, 1.54) is 12.5 Å². The predicted octanol–water partition coefficient (Wildman–Crippen LogP) is 1.17. The summed E-state index contributed by atoms with van der Waals surface area (Å²) in [5.41, 5.74) is 0. The van der Waals surface area contributed by atoms with Crippen LogP contribution in [0.1, 0.15) is 6.42 Å². The lowest BCUT2D eigenvalue weighted by Crippen LogP contribution is -2.27. The largest absolute Gasteiger partial charge is 0.432 e. The first-order chi connectivity index (χ1) is 5.79. The van der Waals surface area contributed by atoms with Gasteiger partial charge in [0.05, 0.1) is 11.0 Å². The van der Waals surface area contributed by atoms with Crippen LogP contribution in [-0.4, -0.2) is 22.3 Å². The second-order valence-electron chi connectivity index (χ2n) is 2.56. The van der Waals surface area contributed by atoms with Gasteiger partial charge in [-0.15, -0.1) is 0 Å². The van der Waals surface area contributed by atoms with Gasteiger partial charge in [-0.3, -0.25) is 9.69 Å². The molecule has 0 saturated carbocycles. The van der Waals surface area contributed by atoms with Crippen LogP contribution in [0.15, 0.2) is 16.9 Å². The number of rotatable bonds is 1. The van der Waals surface area contributed by atoms with Gasteiger partial charge in [-0.1, -0.05) is 15.9 Å². The summed E-state index contributed by atoms with van der Waals surface area (Å²) in [6.45, 7) is 0.676. The van der Waals surface area contributed by atoms with E-state index < -0.39 is 0 Å². The Balaban J connectivity index is 2.22. The Labute approximate surface area is 77.7 Å². The number of anilines is 1. The van der Waals surface area contributed by atoms with E-state index in [0.717, 1.165) is 6.42 Å². The molecule has 1 aromatic heterocycles. The molecule has 1 aromatic rings. The van der Waals surface area contributed by atoms with Crippen LogP contribution in [0.5, 0.6) is 0 Å². The van der Waals surface area contributed by atoms with Gasteiger partial charge < -0.3 is 4.42 Å². The Morgan fingerprint density at radius 3 is 3.08 bits per heavy atom. The standard InChI is InChI=1S/C7H7BrN2O2/c8-5-1-3-10(6(5)11)7-9-2-4-12-7/h2,4-5H,1,3H2/t5-/m0/s1. The zero-order valence-corrected chi connectivity index (χ0v) is 7.82. The number of carbonyl (C=O) groups is 1. The predicted molar refractivity (Wildman–Crippen MR) is 46.2 cm³/mol. The minimum absolute atomic E-state index is 0.0254. The van der Waals surface area contributed by atoms with Crippen LogP contribution in [0.3, 0.4) is 0 Å². The fourth-order valence-electron chi connectivity index (χ4n) is 1.18. The van der Waals surface area contributed by atoms with Crippen LogP contribution in [0, 0.1) is 0 Å². The topological polar surface area (TPSA) is 46.3 Å². The Bertz CT molecular complexity index is 286. The maximum Gasteiger partial charge on any atom is 0.304 e. The SMILES string of the molecule is O=C1[C@@H](Br)CCN1c1ncco1. The Morgan fingerprint density at radius 2 is 2.58 bits per heavy atom. The summed E-state index contributed by atoms with van der Waals surface area (Å²) < 4.78 is 5.01. The molecule has 1 aliphatic heterocycles. The highest BCUT2D eigenvalue weighted by Gasteiger charge is 2.32. The molecule has 5 heteroatoms. The molecular formula is C7H7BrN2O2. The molecule has 2 heterocycles. The van der Waals surface area contributed by atoms with Gasteiger partial charge in [0.15, 0.2) is 0 Å². The van der Waals surface area contributed by atoms with Gasteiger partial charge in [0.2, 0.25) is 5.91 Å². The monoisotopic (exact) mass is 230 g/mol. The quantitative estimate of drug-likeness (QED) is 0.681. The van der Waals surface area contributed by atoms with Crippen molar-refractivity contribution in [2.24, 2.45) is 0 Å². The number of alkyl halides is 1. The van der Waals surface area contributed by atoms with E-state index in [-0.39, 0.29) is 10.7 Å². The maximum atomic E-state index is 11.4. The van der Waals surface area contributed by atoms with Gasteiger partial charge in [0.1, 0.15) is 6.26 Å². The number of oxazole rings is 1. The lowest BCUT2D eigenvalue weighted by Gasteiger charge is -2.08. The molecule has 1 aliphatic rings. The first kappa shape index (κ1) is 7.79. The van der Waals surface area contributed by atoms with Gasteiger partial charge in [0, 0.05) is 6.54 Å². The summed E-state index contributed by atoms with van der Waals surface area (Å²) in [4.78, 5) is 16.7. The maximum absolute atomic E-state index is 11.4. The summed E-state index contributed by atoms with van der Waals surface area (Å²) in [7, 11) is 0. The Morgan fingerprint density at radius 1 is 1.75 bits per heavy atom. The molecule has 0 bridgehead atoms. The summed E-state index contributed by atoms with van der Waals surface area (Å²) in [6.07, 6.45) is 3.80. The van der Waals surface area contributed by atoms with E-state index >= 15 is 0 Å². The first-order valence-corrected chi connectivity index (χ1v) is 4.55. The molecule has 0 spiro atoms. The zero-order chi connectivity index (χ0) is 8.55. The summed E-state index contributed by atoms with van der Waals surface area (Å²) in [5.74, 6) is 0.0254. The smallest absolute Gasteiger partial charge is 0.304 e. The number of halogens is 1. The molecule has 1 saturated heterocycles. The van der Waals surface area contributed by atoms with Gasteiger partial charge in [-0.05, 0) is 6.42 Å². The molecule has 64 valence electrons. The Kier molecular flexibility index (Phi) is 1.88. The van der Waals surface area contributed by atoms with Crippen molar-refractivity contribution in [3.63, 3.8) is 0 Å². The molecule has 4 nitrogen and oxygen atoms in total. The molecule has 0 N–H and O–H groups in total. The third-order valence-corrected chi connectivity index (χ3v) is 2.64. The summed E-state index contributed by atoms with van der Waals surface area (Å²) in [5, 5.41) is 0. The fourth-order valence-corrected chi connectivity index (χ4v) is 1.64. The van der Waals surface area contributed by atoms with Gasteiger partial charge in [0.25, 0.3) is 0 Å². The van der Waals surface area contributed by atoms with Crippen LogP contribution in [0.2, 0.25) is 0 Å². The zero-order valence-electron chi connectivity index (χ0n) is 6.24. The number of aromatic nitrogens is 1. The highest BCUT2D eigenvalue weighted by atomic mass is 79.9. The molecule has 12 heavy (non-hydrogen) atoms. The van der Waals surface area contributed by atoms with Crippen molar-refractivity contribution in [3.8, 4) is 0 Å². The normalized spacial score (nSPS) is 23.6. The van der Waals surface area contributed by atoms with Gasteiger partial charge >= 0.3 is 6.01 Å². The van der Waals surface area contributed by atoms with Crippen LogP contribution in [-0.2, 0) is 4.79 Å². The van der Waals surface area contributed by atoms with Crippen molar-refractivity contribution < 1.29 is 9.21 Å². The van der Waals surface area contributed by atoms with Crippen molar-refractivity contribution in [2.45, 2.75) is 11.2 Å². The number of amides is 1. The lowest BCUT2D eigenvalue weighted by atomic mass is 10.4. The van der Waals surface area contributed by atoms with Crippen molar-refractivity contribution in [1.29, 1.82) is 0 Å². The highest BCUT2D eigenvalue weighted by molar-refractivity contribution is 9.10. The molecule has 1 atom stereocenters. The molecular weight excluding hydrogens is 224 g/mol. The Hall–Kier alpha value is -0.840. The summed E-state index contributed by atoms with van der Waals surface area (Å²) in [6, 6.07) is 0.391. The number of hydrogen-bond donors (Lipinski definition) is 0. The third-order valence-electron chi connectivity index (χ3n) is 1.79. The van der Waals surface area contributed by atoms with E-state index in [2.05, 4.69) is 20.9 Å². The van der Waals surface area contributed by atoms with E-state index in [9.17, 15) is 4.79 Å². The van der Waals surface area contributed by atoms with Crippen molar-refractivity contribution in [2.75, 3.05) is 11.4 Å². The van der Waals surface area contributed by atoms with E-state index in [0.29, 0.717) is 12.6 Å². The number of hydrogen-bond acceptors (Lipinski definition) is 3. The fraction of sp³-hybridized carbons (Fsp3) is 0.429. The average Bonchev–Trinajstić information content (AvgIpc) is 2.64.